The first kappa shape index (κ1) is 22.8. The van der Waals surface area contributed by atoms with E-state index in [9.17, 15) is 24.4 Å². The standard InChI is InChI=1S/C15H27N3O7/c1-2-17(24)13(20)7-6-12(19)16-10-4-3-5-11-18(25)14(21)8-9-15(22)23/h24-25H,2-11H2,1H3,(H,16,19)(H,22,23). The highest BCUT2D eigenvalue weighted by atomic mass is 16.5. The number of carbonyl (C=O) groups is 4. The highest BCUT2D eigenvalue weighted by Gasteiger charge is 2.12. The third-order valence-electron chi connectivity index (χ3n) is 3.36. The van der Waals surface area contributed by atoms with Crippen LogP contribution >= 0.6 is 0 Å². The summed E-state index contributed by atoms with van der Waals surface area (Å²) < 4.78 is 0. The zero-order valence-electron chi connectivity index (χ0n) is 14.4. The summed E-state index contributed by atoms with van der Waals surface area (Å²) in [5.41, 5.74) is 0. The summed E-state index contributed by atoms with van der Waals surface area (Å²) in [6.45, 7) is 2.29. The van der Waals surface area contributed by atoms with E-state index in [4.69, 9.17) is 10.3 Å². The Morgan fingerprint density at radius 3 is 2.04 bits per heavy atom. The number of hydrogen-bond donors (Lipinski definition) is 4. The van der Waals surface area contributed by atoms with Crippen LogP contribution in [0.4, 0.5) is 0 Å². The number of hydroxylamine groups is 4. The topological polar surface area (TPSA) is 147 Å². The quantitative estimate of drug-likeness (QED) is 0.210. The molecule has 144 valence electrons. The fraction of sp³-hybridized carbons (Fsp3) is 0.733. The van der Waals surface area contributed by atoms with Gasteiger partial charge >= 0.3 is 5.97 Å². The molecule has 0 bridgehead atoms. The van der Waals surface area contributed by atoms with Gasteiger partial charge in [-0.05, 0) is 26.2 Å². The zero-order valence-corrected chi connectivity index (χ0v) is 14.4. The van der Waals surface area contributed by atoms with Crippen LogP contribution in [0.2, 0.25) is 0 Å². The van der Waals surface area contributed by atoms with Gasteiger partial charge in [0, 0.05) is 38.9 Å². The minimum absolute atomic E-state index is 0.00160. The zero-order chi connectivity index (χ0) is 19.2. The SMILES string of the molecule is CCN(O)C(=O)CCC(=O)NCCCCCN(O)C(=O)CCC(=O)O. The van der Waals surface area contributed by atoms with E-state index >= 15 is 0 Å². The Bertz CT molecular complexity index is 456. The van der Waals surface area contributed by atoms with E-state index in [0.717, 1.165) is 0 Å². The molecule has 0 aliphatic carbocycles. The lowest BCUT2D eigenvalue weighted by Crippen LogP contribution is -2.30. The summed E-state index contributed by atoms with van der Waals surface area (Å²) in [4.78, 5) is 44.5. The van der Waals surface area contributed by atoms with Crippen LogP contribution in [-0.4, -0.2) is 69.0 Å². The predicted molar refractivity (Wildman–Crippen MR) is 85.6 cm³/mol. The number of unbranched alkanes of at least 4 members (excludes halogenated alkanes) is 2. The molecule has 0 radical (unpaired) electrons. The van der Waals surface area contributed by atoms with Crippen molar-refractivity contribution in [2.45, 2.75) is 51.9 Å². The minimum atomic E-state index is -1.10. The van der Waals surface area contributed by atoms with Crippen molar-refractivity contribution in [3.8, 4) is 0 Å². The van der Waals surface area contributed by atoms with E-state index in [1.54, 1.807) is 6.92 Å². The van der Waals surface area contributed by atoms with Crippen molar-refractivity contribution in [1.82, 2.24) is 15.4 Å². The first-order valence-corrected chi connectivity index (χ1v) is 8.24. The van der Waals surface area contributed by atoms with Crippen LogP contribution < -0.4 is 5.32 Å². The molecule has 0 aromatic rings. The van der Waals surface area contributed by atoms with Crippen LogP contribution in [-0.2, 0) is 19.2 Å². The van der Waals surface area contributed by atoms with Gasteiger partial charge < -0.3 is 10.4 Å². The van der Waals surface area contributed by atoms with Crippen LogP contribution in [0.25, 0.3) is 0 Å². The minimum Gasteiger partial charge on any atom is -0.481 e. The van der Waals surface area contributed by atoms with Crippen molar-refractivity contribution in [3.63, 3.8) is 0 Å². The fourth-order valence-corrected chi connectivity index (χ4v) is 1.87. The molecule has 0 aliphatic rings. The molecular weight excluding hydrogens is 334 g/mol. The normalized spacial score (nSPS) is 10.2. The number of nitrogens with zero attached hydrogens (tertiary/aromatic N) is 2. The van der Waals surface area contributed by atoms with Gasteiger partial charge in [-0.15, -0.1) is 0 Å². The molecule has 0 spiro atoms. The highest BCUT2D eigenvalue weighted by Crippen LogP contribution is 2.01. The maximum atomic E-state index is 11.5. The first-order valence-electron chi connectivity index (χ1n) is 8.24. The average Bonchev–Trinajstić information content (AvgIpc) is 2.59. The van der Waals surface area contributed by atoms with E-state index in [-0.39, 0.29) is 44.7 Å². The second kappa shape index (κ2) is 13.1. The van der Waals surface area contributed by atoms with Crippen LogP contribution in [0.15, 0.2) is 0 Å². The molecule has 10 heteroatoms. The van der Waals surface area contributed by atoms with Gasteiger partial charge in [0.15, 0.2) is 0 Å². The molecule has 25 heavy (non-hydrogen) atoms. The number of aliphatic carboxylic acids is 1. The van der Waals surface area contributed by atoms with Crippen molar-refractivity contribution < 1.29 is 34.7 Å². The van der Waals surface area contributed by atoms with Crippen molar-refractivity contribution in [2.24, 2.45) is 0 Å². The Hall–Kier alpha value is -2.20. The van der Waals surface area contributed by atoms with Gasteiger partial charge in [0.2, 0.25) is 17.7 Å². The number of hydrogen-bond acceptors (Lipinski definition) is 6. The lowest BCUT2D eigenvalue weighted by atomic mass is 10.2. The largest absolute Gasteiger partial charge is 0.481 e. The molecule has 0 aromatic carbocycles. The van der Waals surface area contributed by atoms with Gasteiger partial charge in [-0.3, -0.25) is 29.6 Å². The Labute approximate surface area is 146 Å². The lowest BCUT2D eigenvalue weighted by molar-refractivity contribution is -0.166. The molecule has 0 unspecified atom stereocenters. The van der Waals surface area contributed by atoms with Crippen molar-refractivity contribution in [2.75, 3.05) is 19.6 Å². The molecule has 0 aromatic heterocycles. The van der Waals surface area contributed by atoms with Gasteiger partial charge in [0.1, 0.15) is 0 Å². The molecule has 0 fully saturated rings. The second-order valence-corrected chi connectivity index (χ2v) is 5.43. The summed E-state index contributed by atoms with van der Waals surface area (Å²) in [7, 11) is 0. The van der Waals surface area contributed by atoms with Gasteiger partial charge in [-0.1, -0.05) is 0 Å². The molecule has 0 heterocycles. The highest BCUT2D eigenvalue weighted by molar-refractivity contribution is 5.83. The van der Waals surface area contributed by atoms with Crippen molar-refractivity contribution in [3.05, 3.63) is 0 Å². The molecule has 4 N–H and O–H groups in total. The van der Waals surface area contributed by atoms with Crippen molar-refractivity contribution >= 4 is 23.7 Å². The van der Waals surface area contributed by atoms with Crippen LogP contribution in [0.1, 0.15) is 51.9 Å². The fourth-order valence-electron chi connectivity index (χ4n) is 1.87. The maximum Gasteiger partial charge on any atom is 0.303 e. The second-order valence-electron chi connectivity index (χ2n) is 5.43. The number of carboxylic acid groups (broad SMARTS) is 1. The monoisotopic (exact) mass is 361 g/mol. The summed E-state index contributed by atoms with van der Waals surface area (Å²) in [6.07, 6.45) is 1.17. The number of carbonyl (C=O) groups excluding carboxylic acids is 3. The number of carboxylic acids is 1. The number of amides is 3. The molecule has 0 saturated heterocycles. The third kappa shape index (κ3) is 11.9. The number of nitrogens with one attached hydrogen (secondary N) is 1. The summed E-state index contributed by atoms with van der Waals surface area (Å²) >= 11 is 0. The summed E-state index contributed by atoms with van der Waals surface area (Å²) in [6, 6.07) is 0. The molecule has 0 saturated carbocycles. The van der Waals surface area contributed by atoms with Crippen LogP contribution in [0.3, 0.4) is 0 Å². The van der Waals surface area contributed by atoms with Gasteiger partial charge in [0.25, 0.3) is 0 Å². The van der Waals surface area contributed by atoms with Gasteiger partial charge in [0.05, 0.1) is 6.42 Å². The molecular formula is C15H27N3O7. The third-order valence-corrected chi connectivity index (χ3v) is 3.36. The summed E-state index contributed by atoms with van der Waals surface area (Å²) in [5, 5.41) is 30.7. The average molecular weight is 361 g/mol. The molecule has 10 nitrogen and oxygen atoms in total. The Kier molecular flexibility index (Phi) is 12.0. The lowest BCUT2D eigenvalue weighted by Gasteiger charge is -2.14. The van der Waals surface area contributed by atoms with Crippen LogP contribution in [0.5, 0.6) is 0 Å². The Morgan fingerprint density at radius 2 is 1.44 bits per heavy atom. The molecule has 0 aliphatic heterocycles. The van der Waals surface area contributed by atoms with Gasteiger partial charge in [-0.25, -0.2) is 10.1 Å². The molecule has 0 atom stereocenters. The maximum absolute atomic E-state index is 11.5. The van der Waals surface area contributed by atoms with E-state index in [0.29, 0.717) is 35.9 Å². The first-order chi connectivity index (χ1) is 11.8. The van der Waals surface area contributed by atoms with Crippen LogP contribution in [0, 0.1) is 0 Å². The van der Waals surface area contributed by atoms with E-state index in [1.807, 2.05) is 0 Å². The van der Waals surface area contributed by atoms with Crippen molar-refractivity contribution in [1.29, 1.82) is 0 Å². The molecule has 0 rings (SSSR count). The van der Waals surface area contributed by atoms with E-state index in [1.165, 1.54) is 0 Å². The summed E-state index contributed by atoms with van der Waals surface area (Å²) in [5.74, 6) is -2.52. The Morgan fingerprint density at radius 1 is 0.840 bits per heavy atom. The molecule has 3 amide bonds. The predicted octanol–water partition coefficient (Wildman–Crippen LogP) is 0.373. The van der Waals surface area contributed by atoms with Gasteiger partial charge in [-0.2, -0.15) is 0 Å². The Balaban J connectivity index is 3.65. The number of rotatable bonds is 13. The van der Waals surface area contributed by atoms with E-state index in [2.05, 4.69) is 5.32 Å². The van der Waals surface area contributed by atoms with E-state index < -0.39 is 17.8 Å². The smallest absolute Gasteiger partial charge is 0.303 e.